The quantitative estimate of drug-likeness (QED) is 0.431. The highest BCUT2D eigenvalue weighted by Crippen LogP contribution is 2.30. The third-order valence-electron chi connectivity index (χ3n) is 3.05. The van der Waals surface area contributed by atoms with Gasteiger partial charge >= 0.3 is 0 Å². The van der Waals surface area contributed by atoms with Crippen molar-refractivity contribution in [3.8, 4) is 5.69 Å². The molecule has 3 rings (SSSR count). The average Bonchev–Trinajstić information content (AvgIpc) is 2.80. The van der Waals surface area contributed by atoms with Crippen LogP contribution in [-0.4, -0.2) is 9.55 Å². The zero-order valence-electron chi connectivity index (χ0n) is 10.4. The Labute approximate surface area is 147 Å². The van der Waals surface area contributed by atoms with Crippen molar-refractivity contribution < 1.29 is 4.39 Å². The van der Waals surface area contributed by atoms with E-state index in [1.165, 1.54) is 6.07 Å². The third kappa shape index (κ3) is 2.72. The minimum Gasteiger partial charge on any atom is -0.295 e. The van der Waals surface area contributed by atoms with Crippen LogP contribution >= 0.6 is 55.1 Å². The summed E-state index contributed by atoms with van der Waals surface area (Å²) in [7, 11) is 0. The molecule has 21 heavy (non-hydrogen) atoms. The fourth-order valence-corrected chi connectivity index (χ4v) is 3.12. The van der Waals surface area contributed by atoms with Gasteiger partial charge in [-0.25, -0.2) is 9.37 Å². The highest BCUT2D eigenvalue weighted by atomic mass is 79.9. The number of alkyl halides is 1. The monoisotopic (exact) mass is 450 g/mol. The van der Waals surface area contributed by atoms with Crippen LogP contribution in [0.3, 0.4) is 0 Å². The van der Waals surface area contributed by atoms with Crippen LogP contribution in [0.5, 0.6) is 0 Å². The normalized spacial score (nSPS) is 11.3. The van der Waals surface area contributed by atoms with Crippen LogP contribution in [0, 0.1) is 5.82 Å². The predicted octanol–water partition coefficient (Wildman–Crippen LogP) is 6.08. The van der Waals surface area contributed by atoms with Crippen molar-refractivity contribution in [1.29, 1.82) is 0 Å². The average molecular weight is 453 g/mol. The van der Waals surface area contributed by atoms with E-state index in [4.69, 9.17) is 23.2 Å². The van der Waals surface area contributed by atoms with Gasteiger partial charge in [-0.05, 0) is 56.1 Å². The summed E-state index contributed by atoms with van der Waals surface area (Å²) in [4.78, 5) is 4.45. The molecule has 0 atom stereocenters. The van der Waals surface area contributed by atoms with Gasteiger partial charge in [-0.15, -0.1) is 11.6 Å². The summed E-state index contributed by atoms with van der Waals surface area (Å²) in [6, 6.07) is 8.52. The summed E-state index contributed by atoms with van der Waals surface area (Å²) in [6.45, 7) is 0. The molecule has 7 heteroatoms. The smallest absolute Gasteiger partial charge is 0.139 e. The maximum atomic E-state index is 13.8. The SMILES string of the molecule is Fc1cc2c(cc1Br)nc(CCl)n2-c1ccc(Cl)c(Br)c1. The first-order valence-corrected chi connectivity index (χ1v) is 8.39. The first-order chi connectivity index (χ1) is 10.0. The Morgan fingerprint density at radius 2 is 1.90 bits per heavy atom. The maximum absolute atomic E-state index is 13.8. The van der Waals surface area contributed by atoms with Gasteiger partial charge in [0.05, 0.1) is 26.4 Å². The molecule has 0 radical (unpaired) electrons. The van der Waals surface area contributed by atoms with Crippen molar-refractivity contribution in [2.75, 3.05) is 0 Å². The first-order valence-electron chi connectivity index (χ1n) is 5.89. The number of nitrogens with zero attached hydrogens (tertiary/aromatic N) is 2. The second kappa shape index (κ2) is 5.88. The van der Waals surface area contributed by atoms with Gasteiger partial charge in [-0.1, -0.05) is 11.6 Å². The van der Waals surface area contributed by atoms with Crippen molar-refractivity contribution in [2.24, 2.45) is 0 Å². The second-order valence-electron chi connectivity index (χ2n) is 4.35. The number of hydrogen-bond donors (Lipinski definition) is 0. The number of halogens is 5. The van der Waals surface area contributed by atoms with Crippen molar-refractivity contribution in [1.82, 2.24) is 9.55 Å². The highest BCUT2D eigenvalue weighted by Gasteiger charge is 2.15. The number of benzene rings is 2. The largest absolute Gasteiger partial charge is 0.295 e. The summed E-state index contributed by atoms with van der Waals surface area (Å²) >= 11 is 18.5. The first kappa shape index (κ1) is 15.3. The summed E-state index contributed by atoms with van der Waals surface area (Å²) in [5.41, 5.74) is 2.14. The lowest BCUT2D eigenvalue weighted by Crippen LogP contribution is -1.99. The van der Waals surface area contributed by atoms with E-state index >= 15 is 0 Å². The minimum atomic E-state index is -0.349. The zero-order valence-corrected chi connectivity index (χ0v) is 15.1. The number of hydrogen-bond acceptors (Lipinski definition) is 1. The highest BCUT2D eigenvalue weighted by molar-refractivity contribution is 9.10. The molecule has 0 bridgehead atoms. The molecule has 3 aromatic rings. The van der Waals surface area contributed by atoms with Crippen molar-refractivity contribution in [3.63, 3.8) is 0 Å². The lowest BCUT2D eigenvalue weighted by molar-refractivity contribution is 0.622. The molecule has 0 fully saturated rings. The standard InChI is InChI=1S/C14H7Br2Cl2FN2/c15-8-3-7(1-2-10(8)18)21-13-5-11(19)9(16)4-12(13)20-14(21)6-17/h1-5H,6H2. The van der Waals surface area contributed by atoms with E-state index in [9.17, 15) is 4.39 Å². The Morgan fingerprint density at radius 1 is 1.14 bits per heavy atom. The topological polar surface area (TPSA) is 17.8 Å². The van der Waals surface area contributed by atoms with Gasteiger partial charge in [0.25, 0.3) is 0 Å². The minimum absolute atomic E-state index is 0.216. The van der Waals surface area contributed by atoms with Crippen LogP contribution in [0.25, 0.3) is 16.7 Å². The molecule has 2 nitrogen and oxygen atoms in total. The Balaban J connectivity index is 2.34. The Bertz CT molecular complexity index is 849. The summed E-state index contributed by atoms with van der Waals surface area (Å²) < 4.78 is 16.8. The number of rotatable bonds is 2. The summed E-state index contributed by atoms with van der Waals surface area (Å²) in [5.74, 6) is 0.505. The molecule has 0 aliphatic carbocycles. The van der Waals surface area contributed by atoms with E-state index in [-0.39, 0.29) is 11.7 Å². The second-order valence-corrected chi connectivity index (χ2v) is 6.73. The van der Waals surface area contributed by atoms with Crippen molar-refractivity contribution in [3.05, 3.63) is 55.9 Å². The van der Waals surface area contributed by atoms with Crippen LogP contribution in [0.1, 0.15) is 5.82 Å². The Morgan fingerprint density at radius 3 is 2.57 bits per heavy atom. The Hall–Kier alpha value is -0.620. The summed E-state index contributed by atoms with van der Waals surface area (Å²) in [6.07, 6.45) is 0. The molecule has 2 aromatic carbocycles. The lowest BCUT2D eigenvalue weighted by atomic mass is 10.2. The van der Waals surface area contributed by atoms with Gasteiger partial charge in [-0.2, -0.15) is 0 Å². The molecular formula is C14H7Br2Cl2FN2. The fourth-order valence-electron chi connectivity index (χ4n) is 2.12. The van der Waals surface area contributed by atoms with Gasteiger partial charge in [0.1, 0.15) is 11.6 Å². The van der Waals surface area contributed by atoms with Gasteiger partial charge in [0.2, 0.25) is 0 Å². The van der Waals surface area contributed by atoms with E-state index in [0.717, 1.165) is 10.2 Å². The summed E-state index contributed by atoms with van der Waals surface area (Å²) in [5, 5.41) is 0.601. The van der Waals surface area contributed by atoms with Gasteiger partial charge in [0, 0.05) is 16.2 Å². The predicted molar refractivity (Wildman–Crippen MR) is 91.0 cm³/mol. The molecule has 0 saturated heterocycles. The van der Waals surface area contributed by atoms with Gasteiger partial charge < -0.3 is 0 Å². The molecule has 0 N–H and O–H groups in total. The molecule has 1 aromatic heterocycles. The van der Waals surface area contributed by atoms with Crippen LogP contribution in [-0.2, 0) is 5.88 Å². The van der Waals surface area contributed by atoms with E-state index < -0.39 is 0 Å². The van der Waals surface area contributed by atoms with E-state index in [2.05, 4.69) is 36.8 Å². The van der Waals surface area contributed by atoms with Gasteiger partial charge in [-0.3, -0.25) is 4.57 Å². The van der Waals surface area contributed by atoms with E-state index in [1.807, 2.05) is 16.7 Å². The number of fused-ring (bicyclic) bond motifs is 1. The van der Waals surface area contributed by atoms with E-state index in [1.54, 1.807) is 12.1 Å². The van der Waals surface area contributed by atoms with Crippen LogP contribution in [0.15, 0.2) is 39.3 Å². The van der Waals surface area contributed by atoms with E-state index in [0.29, 0.717) is 26.4 Å². The third-order valence-corrected chi connectivity index (χ3v) is 5.11. The fraction of sp³-hybridized carbons (Fsp3) is 0.0714. The Kier molecular flexibility index (Phi) is 4.28. The molecule has 0 spiro atoms. The number of imidazole rings is 1. The molecule has 0 amide bonds. The lowest BCUT2D eigenvalue weighted by Gasteiger charge is -2.09. The van der Waals surface area contributed by atoms with Crippen molar-refractivity contribution >= 4 is 66.1 Å². The van der Waals surface area contributed by atoms with Crippen LogP contribution in [0.4, 0.5) is 4.39 Å². The van der Waals surface area contributed by atoms with Crippen LogP contribution in [0.2, 0.25) is 5.02 Å². The van der Waals surface area contributed by atoms with Gasteiger partial charge in [0.15, 0.2) is 0 Å². The maximum Gasteiger partial charge on any atom is 0.139 e. The molecule has 0 unspecified atom stereocenters. The zero-order chi connectivity index (χ0) is 15.1. The molecule has 0 aliphatic heterocycles. The molecule has 1 heterocycles. The molecule has 0 saturated carbocycles. The molecule has 0 aliphatic rings. The van der Waals surface area contributed by atoms with Crippen LogP contribution < -0.4 is 0 Å². The molecule has 108 valence electrons. The van der Waals surface area contributed by atoms with Crippen molar-refractivity contribution in [2.45, 2.75) is 5.88 Å². The molecular weight excluding hydrogens is 446 g/mol. The number of aromatic nitrogens is 2.